The monoisotopic (exact) mass is 211 g/mol. The van der Waals surface area contributed by atoms with Gasteiger partial charge in [-0.05, 0) is 26.4 Å². The molecule has 0 spiro atoms. The van der Waals surface area contributed by atoms with Crippen LogP contribution in [0.5, 0.6) is 0 Å². The maximum absolute atomic E-state index is 11.4. The quantitative estimate of drug-likeness (QED) is 0.733. The second kappa shape index (κ2) is 5.72. The molecule has 0 saturated carbocycles. The summed E-state index contributed by atoms with van der Waals surface area (Å²) in [7, 11) is 4.00. The van der Waals surface area contributed by atoms with Gasteiger partial charge in [-0.25, -0.2) is 0 Å². The molecule has 4 nitrogen and oxygen atoms in total. The number of rotatable bonds is 5. The summed E-state index contributed by atoms with van der Waals surface area (Å²) in [5.74, 6) is -0.760. The summed E-state index contributed by atoms with van der Waals surface area (Å²) >= 11 is 0. The van der Waals surface area contributed by atoms with E-state index in [0.717, 1.165) is 6.54 Å². The molecule has 15 heavy (non-hydrogen) atoms. The lowest BCUT2D eigenvalue weighted by molar-refractivity contribution is -0.123. The van der Waals surface area contributed by atoms with E-state index in [0.29, 0.717) is 6.54 Å². The average Bonchev–Trinajstić information content (AvgIpc) is 2.11. The van der Waals surface area contributed by atoms with Crippen molar-refractivity contribution in [2.75, 3.05) is 27.2 Å². The van der Waals surface area contributed by atoms with Crippen LogP contribution in [0.15, 0.2) is 0 Å². The fraction of sp³-hybridized carbons (Fsp3) is 0.818. The predicted octanol–water partition coefficient (Wildman–Crippen LogP) is 0.850. The van der Waals surface area contributed by atoms with E-state index in [1.165, 1.54) is 0 Å². The third-order valence-electron chi connectivity index (χ3n) is 2.07. The zero-order chi connectivity index (χ0) is 12.1. The van der Waals surface area contributed by atoms with E-state index in [-0.39, 0.29) is 11.3 Å². The SMILES string of the molecule is CC(C#N)C(=O)NCC(C)(C)CN(C)C. The number of nitriles is 1. The minimum Gasteiger partial charge on any atom is -0.354 e. The van der Waals surface area contributed by atoms with E-state index in [9.17, 15) is 4.79 Å². The van der Waals surface area contributed by atoms with Crippen LogP contribution in [-0.2, 0) is 4.79 Å². The lowest BCUT2D eigenvalue weighted by Gasteiger charge is -2.28. The van der Waals surface area contributed by atoms with Gasteiger partial charge in [0.15, 0.2) is 0 Å². The summed E-state index contributed by atoms with van der Waals surface area (Å²) < 4.78 is 0. The Labute approximate surface area is 92.3 Å². The zero-order valence-corrected chi connectivity index (χ0v) is 10.3. The van der Waals surface area contributed by atoms with Crippen molar-refractivity contribution < 1.29 is 4.79 Å². The highest BCUT2D eigenvalue weighted by atomic mass is 16.1. The minimum atomic E-state index is -0.569. The lowest BCUT2D eigenvalue weighted by Crippen LogP contribution is -2.41. The molecule has 0 aliphatic heterocycles. The number of carbonyl (C=O) groups is 1. The Kier molecular flexibility index (Phi) is 5.31. The van der Waals surface area contributed by atoms with Crippen LogP contribution in [-0.4, -0.2) is 38.0 Å². The third-order valence-corrected chi connectivity index (χ3v) is 2.07. The lowest BCUT2D eigenvalue weighted by atomic mass is 9.92. The number of hydrogen-bond donors (Lipinski definition) is 1. The number of carbonyl (C=O) groups excluding carboxylic acids is 1. The first-order valence-corrected chi connectivity index (χ1v) is 5.10. The molecule has 1 atom stereocenters. The number of amides is 1. The molecular weight excluding hydrogens is 190 g/mol. The summed E-state index contributed by atoms with van der Waals surface area (Å²) in [5.41, 5.74) is 0.0222. The van der Waals surface area contributed by atoms with E-state index < -0.39 is 5.92 Å². The van der Waals surface area contributed by atoms with Crippen molar-refractivity contribution in [2.45, 2.75) is 20.8 Å². The van der Waals surface area contributed by atoms with Crippen molar-refractivity contribution in [3.05, 3.63) is 0 Å². The Bertz CT molecular complexity index is 253. The molecule has 0 aliphatic carbocycles. The normalized spacial score (nSPS) is 13.4. The van der Waals surface area contributed by atoms with Gasteiger partial charge in [0.1, 0.15) is 5.92 Å². The molecule has 1 unspecified atom stereocenters. The second-order valence-corrected chi connectivity index (χ2v) is 4.97. The molecule has 0 rings (SSSR count). The van der Waals surface area contributed by atoms with Gasteiger partial charge >= 0.3 is 0 Å². The third kappa shape index (κ3) is 6.08. The highest BCUT2D eigenvalue weighted by Gasteiger charge is 2.21. The fourth-order valence-corrected chi connectivity index (χ4v) is 1.45. The largest absolute Gasteiger partial charge is 0.354 e. The fourth-order valence-electron chi connectivity index (χ4n) is 1.45. The van der Waals surface area contributed by atoms with Gasteiger partial charge < -0.3 is 10.2 Å². The van der Waals surface area contributed by atoms with Crippen LogP contribution < -0.4 is 5.32 Å². The van der Waals surface area contributed by atoms with Crippen molar-refractivity contribution >= 4 is 5.91 Å². The number of nitrogens with one attached hydrogen (secondary N) is 1. The van der Waals surface area contributed by atoms with Gasteiger partial charge in [0.25, 0.3) is 0 Å². The van der Waals surface area contributed by atoms with Crippen molar-refractivity contribution in [3.8, 4) is 6.07 Å². The molecule has 1 amide bonds. The van der Waals surface area contributed by atoms with Gasteiger partial charge in [-0.1, -0.05) is 13.8 Å². The van der Waals surface area contributed by atoms with E-state index in [1.54, 1.807) is 6.92 Å². The maximum Gasteiger partial charge on any atom is 0.237 e. The van der Waals surface area contributed by atoms with Crippen LogP contribution in [0.25, 0.3) is 0 Å². The molecule has 0 fully saturated rings. The van der Waals surface area contributed by atoms with E-state index in [4.69, 9.17) is 5.26 Å². The first-order chi connectivity index (χ1) is 6.78. The smallest absolute Gasteiger partial charge is 0.237 e. The standard InChI is InChI=1S/C11H21N3O/c1-9(6-12)10(15)13-7-11(2,3)8-14(4)5/h9H,7-8H2,1-5H3,(H,13,15). The van der Waals surface area contributed by atoms with Crippen LogP contribution >= 0.6 is 0 Å². The molecular formula is C11H21N3O. The minimum absolute atomic E-state index is 0.0222. The highest BCUT2D eigenvalue weighted by molar-refractivity contribution is 5.80. The van der Waals surface area contributed by atoms with Crippen molar-refractivity contribution in [1.82, 2.24) is 10.2 Å². The van der Waals surface area contributed by atoms with Crippen molar-refractivity contribution in [1.29, 1.82) is 5.26 Å². The summed E-state index contributed by atoms with van der Waals surface area (Å²) in [5, 5.41) is 11.4. The summed E-state index contributed by atoms with van der Waals surface area (Å²) in [6.07, 6.45) is 0. The maximum atomic E-state index is 11.4. The number of nitrogens with zero attached hydrogens (tertiary/aromatic N) is 2. The second-order valence-electron chi connectivity index (χ2n) is 4.97. The molecule has 86 valence electrons. The van der Waals surface area contributed by atoms with Crippen molar-refractivity contribution in [2.24, 2.45) is 11.3 Å². The topological polar surface area (TPSA) is 56.1 Å². The first kappa shape index (κ1) is 13.9. The van der Waals surface area contributed by atoms with Gasteiger partial charge in [0.2, 0.25) is 5.91 Å². The molecule has 0 radical (unpaired) electrons. The Hall–Kier alpha value is -1.08. The Balaban J connectivity index is 4.05. The first-order valence-electron chi connectivity index (χ1n) is 5.10. The van der Waals surface area contributed by atoms with Gasteiger partial charge in [-0.15, -0.1) is 0 Å². The molecule has 0 aliphatic rings. The molecule has 4 heteroatoms. The van der Waals surface area contributed by atoms with Crippen LogP contribution in [0.3, 0.4) is 0 Å². The predicted molar refractivity (Wildman–Crippen MR) is 60.1 cm³/mol. The van der Waals surface area contributed by atoms with E-state index >= 15 is 0 Å². The Morgan fingerprint density at radius 3 is 2.47 bits per heavy atom. The van der Waals surface area contributed by atoms with Crippen LogP contribution in [0.4, 0.5) is 0 Å². The van der Waals surface area contributed by atoms with Crippen LogP contribution in [0.2, 0.25) is 0 Å². The van der Waals surface area contributed by atoms with E-state index in [1.807, 2.05) is 20.2 Å². The van der Waals surface area contributed by atoms with Crippen molar-refractivity contribution in [3.63, 3.8) is 0 Å². The van der Waals surface area contributed by atoms with E-state index in [2.05, 4.69) is 24.1 Å². The molecule has 0 heterocycles. The summed E-state index contributed by atoms with van der Waals surface area (Å²) in [4.78, 5) is 13.4. The molecule has 0 saturated heterocycles. The van der Waals surface area contributed by atoms with Gasteiger partial charge in [0.05, 0.1) is 6.07 Å². The van der Waals surface area contributed by atoms with Gasteiger partial charge in [-0.3, -0.25) is 4.79 Å². The molecule has 0 bridgehead atoms. The molecule has 0 aromatic heterocycles. The molecule has 1 N–H and O–H groups in total. The summed E-state index contributed by atoms with van der Waals surface area (Å²) in [6, 6.07) is 1.92. The van der Waals surface area contributed by atoms with Crippen LogP contribution in [0, 0.1) is 22.7 Å². The molecule has 0 aromatic rings. The Morgan fingerprint density at radius 2 is 2.07 bits per heavy atom. The van der Waals surface area contributed by atoms with Gasteiger partial charge in [0, 0.05) is 13.1 Å². The highest BCUT2D eigenvalue weighted by Crippen LogP contribution is 2.14. The molecule has 0 aromatic carbocycles. The zero-order valence-electron chi connectivity index (χ0n) is 10.3. The summed E-state index contributed by atoms with van der Waals surface area (Å²) in [6.45, 7) is 7.27. The van der Waals surface area contributed by atoms with Gasteiger partial charge in [-0.2, -0.15) is 5.26 Å². The Morgan fingerprint density at radius 1 is 1.53 bits per heavy atom. The average molecular weight is 211 g/mol. The number of hydrogen-bond acceptors (Lipinski definition) is 3. The van der Waals surface area contributed by atoms with Crippen LogP contribution in [0.1, 0.15) is 20.8 Å².